The van der Waals surface area contributed by atoms with Crippen LogP contribution in [-0.4, -0.2) is 20.0 Å². The highest BCUT2D eigenvalue weighted by Gasteiger charge is 2.22. The van der Waals surface area contributed by atoms with Gasteiger partial charge in [0.05, 0.1) is 17.2 Å². The monoisotopic (exact) mass is 283 g/mol. The number of aliphatic hydroxyl groups excluding tert-OH is 1. The van der Waals surface area contributed by atoms with Crippen molar-refractivity contribution < 1.29 is 10.0 Å². The van der Waals surface area contributed by atoms with Gasteiger partial charge >= 0.3 is 0 Å². The highest BCUT2D eigenvalue weighted by atomic mass is 32.2. The molecular formula is C10H9N3O3S2. The van der Waals surface area contributed by atoms with Crippen molar-refractivity contribution in [1.29, 1.82) is 0 Å². The zero-order chi connectivity index (χ0) is 13.1. The van der Waals surface area contributed by atoms with E-state index in [1.54, 1.807) is 6.92 Å². The van der Waals surface area contributed by atoms with Gasteiger partial charge in [-0.25, -0.2) is 4.98 Å². The van der Waals surface area contributed by atoms with Crippen molar-refractivity contribution in [3.8, 4) is 0 Å². The number of thiophene rings is 1. The molecule has 1 unspecified atom stereocenters. The SMILES string of the molecule is CC(O)c1cc([N+](=O)[O-])c(Sc2cnccn2)s1. The summed E-state index contributed by atoms with van der Waals surface area (Å²) in [7, 11) is 0. The van der Waals surface area contributed by atoms with Gasteiger partial charge in [0.15, 0.2) is 0 Å². The van der Waals surface area contributed by atoms with Crippen molar-refractivity contribution >= 4 is 28.8 Å². The molecule has 0 radical (unpaired) electrons. The number of rotatable bonds is 4. The maximum atomic E-state index is 10.9. The van der Waals surface area contributed by atoms with Crippen LogP contribution >= 0.6 is 23.1 Å². The topological polar surface area (TPSA) is 89.2 Å². The Kier molecular flexibility index (Phi) is 3.90. The van der Waals surface area contributed by atoms with Crippen LogP contribution in [0.5, 0.6) is 0 Å². The third-order valence-corrected chi connectivity index (χ3v) is 4.45. The summed E-state index contributed by atoms with van der Waals surface area (Å²) in [6, 6.07) is 1.40. The Morgan fingerprint density at radius 1 is 1.56 bits per heavy atom. The molecule has 6 nitrogen and oxygen atoms in total. The Morgan fingerprint density at radius 3 is 2.89 bits per heavy atom. The molecule has 2 rings (SSSR count). The van der Waals surface area contributed by atoms with Crippen LogP contribution in [0.4, 0.5) is 5.69 Å². The number of nitrogens with zero attached hydrogens (tertiary/aromatic N) is 3. The molecule has 1 atom stereocenters. The second kappa shape index (κ2) is 5.42. The quantitative estimate of drug-likeness (QED) is 0.685. The van der Waals surface area contributed by atoms with Gasteiger partial charge in [0.25, 0.3) is 5.69 Å². The molecule has 2 aromatic rings. The fourth-order valence-corrected chi connectivity index (χ4v) is 3.38. The molecule has 0 aliphatic rings. The van der Waals surface area contributed by atoms with E-state index in [0.29, 0.717) is 14.1 Å². The maximum absolute atomic E-state index is 10.9. The van der Waals surface area contributed by atoms with E-state index in [9.17, 15) is 15.2 Å². The first-order valence-corrected chi connectivity index (χ1v) is 6.61. The summed E-state index contributed by atoms with van der Waals surface area (Å²) in [5.41, 5.74) is -0.00782. The molecule has 0 bridgehead atoms. The van der Waals surface area contributed by atoms with Crippen molar-refractivity contribution in [2.75, 3.05) is 0 Å². The fourth-order valence-electron chi connectivity index (χ4n) is 1.22. The van der Waals surface area contributed by atoms with Crippen LogP contribution in [0.3, 0.4) is 0 Å². The first kappa shape index (κ1) is 12.9. The van der Waals surface area contributed by atoms with Gasteiger partial charge in [-0.2, -0.15) is 0 Å². The minimum absolute atomic E-state index is 0.00782. The minimum atomic E-state index is -0.718. The van der Waals surface area contributed by atoms with Crippen LogP contribution < -0.4 is 0 Å². The van der Waals surface area contributed by atoms with Crippen molar-refractivity contribution in [3.05, 3.63) is 39.6 Å². The summed E-state index contributed by atoms with van der Waals surface area (Å²) in [6.07, 6.45) is 3.88. The Morgan fingerprint density at radius 2 is 2.33 bits per heavy atom. The van der Waals surface area contributed by atoms with Crippen LogP contribution in [0.1, 0.15) is 17.9 Å². The van der Waals surface area contributed by atoms with Crippen LogP contribution in [0.2, 0.25) is 0 Å². The number of hydrogen-bond acceptors (Lipinski definition) is 7. The van der Waals surface area contributed by atoms with Gasteiger partial charge in [0, 0.05) is 23.3 Å². The van der Waals surface area contributed by atoms with E-state index in [1.807, 2.05) is 0 Å². The molecule has 8 heteroatoms. The largest absolute Gasteiger partial charge is 0.388 e. The molecule has 0 aliphatic heterocycles. The molecule has 2 aromatic heterocycles. The third kappa shape index (κ3) is 2.84. The van der Waals surface area contributed by atoms with Gasteiger partial charge in [0.2, 0.25) is 0 Å². The second-order valence-corrected chi connectivity index (χ2v) is 5.77. The summed E-state index contributed by atoms with van der Waals surface area (Å²) in [5, 5.41) is 21.0. The molecule has 0 aliphatic carbocycles. The fraction of sp³-hybridized carbons (Fsp3) is 0.200. The minimum Gasteiger partial charge on any atom is -0.388 e. The standard InChI is InChI=1S/C10H9N3O3S2/c1-6(14)8-4-7(13(15)16)10(17-8)18-9-5-11-2-3-12-9/h2-6,14H,1H3. The summed E-state index contributed by atoms with van der Waals surface area (Å²) in [6.45, 7) is 1.58. The molecule has 1 N–H and O–H groups in total. The van der Waals surface area contributed by atoms with Crippen LogP contribution in [0.25, 0.3) is 0 Å². The van der Waals surface area contributed by atoms with E-state index in [2.05, 4.69) is 9.97 Å². The van der Waals surface area contributed by atoms with E-state index >= 15 is 0 Å². The van der Waals surface area contributed by atoms with Crippen LogP contribution in [0, 0.1) is 10.1 Å². The number of hydrogen-bond donors (Lipinski definition) is 1. The van der Waals surface area contributed by atoms with Crippen LogP contribution in [-0.2, 0) is 0 Å². The lowest BCUT2D eigenvalue weighted by atomic mass is 10.3. The highest BCUT2D eigenvalue weighted by molar-refractivity contribution is 8.01. The smallest absolute Gasteiger partial charge is 0.294 e. The molecule has 0 saturated heterocycles. The predicted octanol–water partition coefficient (Wildman–Crippen LogP) is 2.65. The van der Waals surface area contributed by atoms with Crippen molar-refractivity contribution in [2.45, 2.75) is 22.3 Å². The lowest BCUT2D eigenvalue weighted by Crippen LogP contribution is -1.88. The number of nitro groups is 1. The first-order valence-electron chi connectivity index (χ1n) is 4.98. The molecule has 2 heterocycles. The second-order valence-electron chi connectivity index (χ2n) is 3.40. The molecule has 94 valence electrons. The van der Waals surface area contributed by atoms with Gasteiger partial charge in [-0.15, -0.1) is 11.3 Å². The van der Waals surface area contributed by atoms with E-state index in [0.717, 1.165) is 0 Å². The van der Waals surface area contributed by atoms with E-state index < -0.39 is 11.0 Å². The van der Waals surface area contributed by atoms with Crippen molar-refractivity contribution in [3.63, 3.8) is 0 Å². The Hall–Kier alpha value is -1.51. The van der Waals surface area contributed by atoms with E-state index in [4.69, 9.17) is 0 Å². The van der Waals surface area contributed by atoms with Gasteiger partial charge in [-0.3, -0.25) is 15.1 Å². The number of aromatic nitrogens is 2. The lowest BCUT2D eigenvalue weighted by Gasteiger charge is -1.97. The first-order chi connectivity index (χ1) is 8.58. The Labute approximate surface area is 111 Å². The predicted molar refractivity (Wildman–Crippen MR) is 67.8 cm³/mol. The molecule has 0 saturated carbocycles. The van der Waals surface area contributed by atoms with E-state index in [1.165, 1.54) is 47.8 Å². The van der Waals surface area contributed by atoms with Gasteiger partial charge in [0.1, 0.15) is 9.24 Å². The zero-order valence-electron chi connectivity index (χ0n) is 9.31. The van der Waals surface area contributed by atoms with Crippen molar-refractivity contribution in [1.82, 2.24) is 9.97 Å². The molecule has 0 fully saturated rings. The summed E-state index contributed by atoms with van der Waals surface area (Å²) < 4.78 is 0.497. The van der Waals surface area contributed by atoms with Gasteiger partial charge < -0.3 is 5.11 Å². The molecule has 0 aromatic carbocycles. The third-order valence-electron chi connectivity index (χ3n) is 2.04. The maximum Gasteiger partial charge on any atom is 0.294 e. The summed E-state index contributed by atoms with van der Waals surface area (Å²) >= 11 is 2.37. The lowest BCUT2D eigenvalue weighted by molar-refractivity contribution is -0.387. The molecule has 0 amide bonds. The molecule has 0 spiro atoms. The Bertz CT molecular complexity index is 557. The van der Waals surface area contributed by atoms with E-state index in [-0.39, 0.29) is 5.69 Å². The zero-order valence-corrected chi connectivity index (χ0v) is 10.9. The highest BCUT2D eigenvalue weighted by Crippen LogP contribution is 2.42. The average molecular weight is 283 g/mol. The van der Waals surface area contributed by atoms with Gasteiger partial charge in [-0.1, -0.05) is 11.8 Å². The van der Waals surface area contributed by atoms with Gasteiger partial charge in [-0.05, 0) is 6.92 Å². The van der Waals surface area contributed by atoms with Crippen molar-refractivity contribution in [2.24, 2.45) is 0 Å². The summed E-state index contributed by atoms with van der Waals surface area (Å²) in [5.74, 6) is 0. The normalized spacial score (nSPS) is 12.3. The molecular weight excluding hydrogens is 274 g/mol. The average Bonchev–Trinajstić information content (AvgIpc) is 2.74. The summed E-state index contributed by atoms with van der Waals surface area (Å²) in [4.78, 5) is 19.0. The molecule has 18 heavy (non-hydrogen) atoms. The van der Waals surface area contributed by atoms with Crippen LogP contribution in [0.15, 0.2) is 33.9 Å². The number of aliphatic hydroxyl groups is 1. The Balaban J connectivity index is 2.34.